The fourth-order valence-electron chi connectivity index (χ4n) is 18.2. The summed E-state index contributed by atoms with van der Waals surface area (Å²) in [6.45, 7) is 48.9. The third kappa shape index (κ3) is 14.8. The summed E-state index contributed by atoms with van der Waals surface area (Å²) in [5.74, 6) is 1.74. The summed E-state index contributed by atoms with van der Waals surface area (Å²) in [5.41, 5.74) is 34.7. The van der Waals surface area contributed by atoms with Crippen molar-refractivity contribution in [3.63, 3.8) is 0 Å². The quantitative estimate of drug-likeness (QED) is 0.121. The highest BCUT2D eigenvalue weighted by Crippen LogP contribution is 2.57. The molecule has 14 aromatic carbocycles. The molecule has 0 amide bonds. The van der Waals surface area contributed by atoms with Gasteiger partial charge in [0, 0.05) is 72.6 Å². The van der Waals surface area contributed by atoms with E-state index in [2.05, 4.69) is 463 Å². The van der Waals surface area contributed by atoms with Gasteiger partial charge in [-0.25, -0.2) is 15.0 Å². The lowest BCUT2D eigenvalue weighted by molar-refractivity contribution is 0.569. The molecular formula is C115H113BN6. The summed E-state index contributed by atoms with van der Waals surface area (Å²) in [6, 6.07) is 116. The molecule has 0 spiro atoms. The Kier molecular flexibility index (Phi) is 19.6. The minimum absolute atomic E-state index is 0.102. The minimum atomic E-state index is -0.360. The maximum atomic E-state index is 5.85. The van der Waals surface area contributed by atoms with Crippen LogP contribution in [-0.4, -0.2) is 26.2 Å². The van der Waals surface area contributed by atoms with Gasteiger partial charge in [-0.2, -0.15) is 0 Å². The zero-order chi connectivity index (χ0) is 85.6. The van der Waals surface area contributed by atoms with Crippen molar-refractivity contribution in [2.24, 2.45) is 0 Å². The Hall–Kier alpha value is -12.4. The monoisotopic (exact) mass is 1590 g/mol. The van der Waals surface area contributed by atoms with E-state index in [-0.39, 0.29) is 44.6 Å². The predicted octanol–water partition coefficient (Wildman–Crippen LogP) is 29.5. The van der Waals surface area contributed by atoms with Crippen LogP contribution >= 0.6 is 0 Å². The van der Waals surface area contributed by atoms with Crippen molar-refractivity contribution in [1.29, 1.82) is 0 Å². The first-order valence-electron chi connectivity index (χ1n) is 43.7. The topological polar surface area (TPSA) is 50.1 Å². The molecule has 0 unspecified atom stereocenters. The first kappa shape index (κ1) is 80.6. The molecule has 0 bridgehead atoms. The standard InChI is InChI=1S/C115H113BN6/c1-109(2,3)81-49-37-48-77(58-81)80-62-101-103-102(63-80)122(105-91(74-42-31-24-32-43-74)69-87(115(19,20)21)70-94(105)108-118-106(75-44-33-25-34-45-75)117-107(119-108)76-46-35-26-36-47-76)100-71-88(120-97-56-51-82(110(4,5)6)65-92(97)93-66-83(111(7,8)9)52-57-98(93)120)53-55-96(100)116(103)95-54-50-78(79-59-84(112(10,11)12)64-85(60-79)113(13,14)15)61-99(95)121(101)104-89(72-38-27-22-28-39-72)67-86(114(16,17)18)68-90(104)73-40-29-23-30-41-73/h22-71H,1-21H3. The second-order valence-electron chi connectivity index (χ2n) is 41.5. The number of hydrogen-bond donors (Lipinski definition) is 0. The summed E-state index contributed by atoms with van der Waals surface area (Å²) in [5, 5.41) is 2.46. The first-order chi connectivity index (χ1) is 57.9. The SMILES string of the molecule is CC(C)(C)c1cccc(-c2cc3c4c(c2)N(c2c(-c5ccccc5)cc(C(C)(C)C)cc2-c2nc(-c5ccccc5)nc(-c5ccccc5)n2)c2cc(-n5c6ccc(C(C)(C)C)cc6c6cc(C(C)(C)C)ccc65)ccc2B4c2ccc(-c4cc(C(C)(C)C)cc(C(C)(C)C)c4)cc2N3c2c(-c3ccccc3)cc(C(C)(C)C)cc2-c2ccccc2)c1. The number of aromatic nitrogens is 4. The van der Waals surface area contributed by atoms with Crippen LogP contribution in [0.2, 0.25) is 0 Å². The molecule has 0 aliphatic carbocycles. The lowest BCUT2D eigenvalue weighted by Gasteiger charge is -2.46. The molecule has 16 aromatic rings. The van der Waals surface area contributed by atoms with Crippen molar-refractivity contribution in [3.8, 4) is 95.5 Å². The van der Waals surface area contributed by atoms with Gasteiger partial charge in [-0.1, -0.05) is 370 Å². The number of fused-ring (bicyclic) bond motifs is 7. The lowest BCUT2D eigenvalue weighted by atomic mass is 9.33. The fraction of sp³-hybridized carbons (Fsp3) is 0.243. The summed E-state index contributed by atoms with van der Waals surface area (Å²) in [7, 11) is 0. The van der Waals surface area contributed by atoms with Crippen LogP contribution in [0.4, 0.5) is 34.1 Å². The van der Waals surface area contributed by atoms with Crippen molar-refractivity contribution >= 4 is 79.0 Å². The molecule has 7 heteroatoms. The summed E-state index contributed by atoms with van der Waals surface area (Å²) < 4.78 is 2.56. The fourth-order valence-corrected chi connectivity index (χ4v) is 18.2. The number of rotatable bonds is 11. The largest absolute Gasteiger partial charge is 0.310 e. The Morgan fingerprint density at radius 2 is 0.541 bits per heavy atom. The van der Waals surface area contributed by atoms with Crippen molar-refractivity contribution in [2.75, 3.05) is 9.80 Å². The predicted molar refractivity (Wildman–Crippen MR) is 523 cm³/mol. The van der Waals surface area contributed by atoms with E-state index < -0.39 is 0 Å². The molecule has 4 heterocycles. The van der Waals surface area contributed by atoms with Crippen LogP contribution in [0.5, 0.6) is 0 Å². The average Bonchev–Trinajstić information content (AvgIpc) is 0.690. The first-order valence-corrected chi connectivity index (χ1v) is 43.7. The Labute approximate surface area is 724 Å². The average molecular weight is 1590 g/mol. The third-order valence-electron chi connectivity index (χ3n) is 25.5. The van der Waals surface area contributed by atoms with Crippen molar-refractivity contribution < 1.29 is 0 Å². The molecule has 2 aliphatic rings. The van der Waals surface area contributed by atoms with Crippen molar-refractivity contribution in [2.45, 2.75) is 183 Å². The number of nitrogens with zero attached hydrogens (tertiary/aromatic N) is 6. The van der Waals surface area contributed by atoms with E-state index >= 15 is 0 Å². The zero-order valence-electron chi connectivity index (χ0n) is 75.1. The van der Waals surface area contributed by atoms with Crippen LogP contribution in [0.25, 0.3) is 117 Å². The van der Waals surface area contributed by atoms with Gasteiger partial charge in [-0.05, 0) is 211 Å². The van der Waals surface area contributed by atoms with Crippen molar-refractivity contribution in [3.05, 3.63) is 342 Å². The zero-order valence-corrected chi connectivity index (χ0v) is 75.1. The van der Waals surface area contributed by atoms with Gasteiger partial charge in [-0.15, -0.1) is 0 Å². The molecular weight excluding hydrogens is 1480 g/mol. The normalized spacial score (nSPS) is 13.2. The van der Waals surface area contributed by atoms with Crippen LogP contribution in [-0.2, 0) is 37.9 Å². The molecule has 2 aromatic heterocycles. The Morgan fingerprint density at radius 1 is 0.221 bits per heavy atom. The van der Waals surface area contributed by atoms with Gasteiger partial charge < -0.3 is 14.4 Å². The van der Waals surface area contributed by atoms with Gasteiger partial charge in [0.15, 0.2) is 17.5 Å². The third-order valence-corrected chi connectivity index (χ3v) is 25.5. The second-order valence-corrected chi connectivity index (χ2v) is 41.5. The highest BCUT2D eigenvalue weighted by atomic mass is 15.2. The number of hydrogen-bond acceptors (Lipinski definition) is 5. The minimum Gasteiger partial charge on any atom is -0.310 e. The molecule has 0 saturated carbocycles. The molecule has 122 heavy (non-hydrogen) atoms. The summed E-state index contributed by atoms with van der Waals surface area (Å²) in [6.07, 6.45) is 0. The van der Waals surface area contributed by atoms with Crippen LogP contribution < -0.4 is 26.2 Å². The second kappa shape index (κ2) is 29.7. The number of benzene rings is 14. The summed E-state index contributed by atoms with van der Waals surface area (Å²) in [4.78, 5) is 22.6. The van der Waals surface area contributed by atoms with Crippen LogP contribution in [0, 0.1) is 0 Å². The van der Waals surface area contributed by atoms with Crippen LogP contribution in [0.3, 0.4) is 0 Å². The molecule has 6 nitrogen and oxygen atoms in total. The maximum Gasteiger partial charge on any atom is 0.252 e. The highest BCUT2D eigenvalue weighted by Gasteiger charge is 2.47. The van der Waals surface area contributed by atoms with Gasteiger partial charge in [0.1, 0.15) is 0 Å². The molecule has 0 atom stereocenters. The van der Waals surface area contributed by atoms with Gasteiger partial charge in [-0.3, -0.25) is 0 Å². The van der Waals surface area contributed by atoms with Gasteiger partial charge in [0.05, 0.1) is 22.4 Å². The number of anilines is 6. The Balaban J connectivity index is 1.07. The van der Waals surface area contributed by atoms with Gasteiger partial charge >= 0.3 is 0 Å². The van der Waals surface area contributed by atoms with E-state index in [0.29, 0.717) is 17.5 Å². The lowest BCUT2D eigenvalue weighted by Crippen LogP contribution is -2.61. The molecule has 0 saturated heterocycles. The van der Waals surface area contributed by atoms with E-state index in [1.165, 1.54) is 66.1 Å². The van der Waals surface area contributed by atoms with Gasteiger partial charge in [0.2, 0.25) is 0 Å². The Morgan fingerprint density at radius 3 is 0.959 bits per heavy atom. The molecule has 606 valence electrons. The van der Waals surface area contributed by atoms with Crippen molar-refractivity contribution in [1.82, 2.24) is 19.5 Å². The summed E-state index contributed by atoms with van der Waals surface area (Å²) >= 11 is 0. The molecule has 0 radical (unpaired) electrons. The smallest absolute Gasteiger partial charge is 0.252 e. The highest BCUT2D eigenvalue weighted by molar-refractivity contribution is 7.00. The van der Waals surface area contributed by atoms with E-state index in [4.69, 9.17) is 15.0 Å². The van der Waals surface area contributed by atoms with E-state index in [1.54, 1.807) is 0 Å². The molecule has 18 rings (SSSR count). The maximum absolute atomic E-state index is 5.85. The van der Waals surface area contributed by atoms with E-state index in [9.17, 15) is 0 Å². The van der Waals surface area contributed by atoms with Crippen LogP contribution in [0.15, 0.2) is 303 Å². The molecule has 0 fully saturated rings. The molecule has 2 aliphatic heterocycles. The van der Waals surface area contributed by atoms with E-state index in [1.807, 2.05) is 0 Å². The Bertz CT molecular complexity index is 6540. The van der Waals surface area contributed by atoms with Crippen LogP contribution in [0.1, 0.15) is 184 Å². The van der Waals surface area contributed by atoms with E-state index in [0.717, 1.165) is 123 Å². The molecule has 0 N–H and O–H groups in total. The van der Waals surface area contributed by atoms with Gasteiger partial charge in [0.25, 0.3) is 6.71 Å².